The Morgan fingerprint density at radius 2 is 1.70 bits per heavy atom. The molecule has 0 bridgehead atoms. The Morgan fingerprint density at radius 3 is 2.37 bits per heavy atom. The molecule has 0 aliphatic carbocycles. The predicted octanol–water partition coefficient (Wildman–Crippen LogP) is 4.72. The Hall–Kier alpha value is -3.18. The molecule has 3 aromatic rings. The normalized spacial score (nSPS) is 11.3. The smallest absolute Gasteiger partial charge is 0.230 e. The summed E-state index contributed by atoms with van der Waals surface area (Å²) in [7, 11) is 0. The number of aryl methyl sites for hydroxylation is 3. The highest BCUT2D eigenvalue weighted by Crippen LogP contribution is 2.26. The zero-order valence-electron chi connectivity index (χ0n) is 15.7. The van der Waals surface area contributed by atoms with Gasteiger partial charge in [-0.15, -0.1) is 0 Å². The van der Waals surface area contributed by atoms with Crippen LogP contribution in [0.1, 0.15) is 27.9 Å². The van der Waals surface area contributed by atoms with Crippen LogP contribution in [0.2, 0.25) is 0 Å². The second-order valence-electron chi connectivity index (χ2n) is 6.49. The lowest BCUT2D eigenvalue weighted by atomic mass is 10.1. The number of rotatable bonds is 5. The molecule has 0 aliphatic heterocycles. The highest BCUT2D eigenvalue weighted by atomic mass is 16.5. The third-order valence-electron chi connectivity index (χ3n) is 4.03. The van der Waals surface area contributed by atoms with Crippen molar-refractivity contribution in [2.45, 2.75) is 27.3 Å². The average molecular weight is 361 g/mol. The van der Waals surface area contributed by atoms with Crippen molar-refractivity contribution in [3.63, 3.8) is 0 Å². The summed E-state index contributed by atoms with van der Waals surface area (Å²) in [5, 5.41) is 9.64. The van der Waals surface area contributed by atoms with E-state index in [1.807, 2.05) is 75.4 Å². The first kappa shape index (κ1) is 18.6. The number of ether oxygens (including phenoxy) is 1. The molecule has 2 aromatic carbocycles. The molecule has 2 N–H and O–H groups in total. The van der Waals surface area contributed by atoms with Crippen LogP contribution >= 0.6 is 0 Å². The summed E-state index contributed by atoms with van der Waals surface area (Å²) >= 11 is 0. The largest absolute Gasteiger partial charge is 0.438 e. The molecule has 0 atom stereocenters. The van der Waals surface area contributed by atoms with Gasteiger partial charge < -0.3 is 4.74 Å². The van der Waals surface area contributed by atoms with Gasteiger partial charge in [-0.3, -0.25) is 15.7 Å². The van der Waals surface area contributed by atoms with E-state index in [1.54, 1.807) is 0 Å². The molecule has 1 heterocycles. The summed E-state index contributed by atoms with van der Waals surface area (Å²) < 4.78 is 6.04. The molecule has 138 valence electrons. The Kier molecular flexibility index (Phi) is 5.84. The minimum atomic E-state index is 0.311. The van der Waals surface area contributed by atoms with E-state index >= 15 is 0 Å². The van der Waals surface area contributed by atoms with Gasteiger partial charge >= 0.3 is 0 Å². The van der Waals surface area contributed by atoms with Crippen molar-refractivity contribution in [3.05, 3.63) is 88.6 Å². The first-order chi connectivity index (χ1) is 13.0. The summed E-state index contributed by atoms with van der Waals surface area (Å²) in [4.78, 5) is 8.98. The molecule has 0 saturated carbocycles. The number of nitrogens with zero attached hydrogens (tertiary/aromatic N) is 2. The molecule has 0 fully saturated rings. The summed E-state index contributed by atoms with van der Waals surface area (Å²) in [5.74, 6) is 1.41. The third-order valence-corrected chi connectivity index (χ3v) is 4.03. The molecular weight excluding hydrogens is 338 g/mol. The maximum absolute atomic E-state index is 9.64. The van der Waals surface area contributed by atoms with Crippen LogP contribution in [0.15, 0.2) is 65.7 Å². The number of pyridine rings is 1. The Balaban J connectivity index is 1.94. The number of hydroxylamine groups is 1. The summed E-state index contributed by atoms with van der Waals surface area (Å²) in [6, 6.07) is 19.5. The maximum Gasteiger partial charge on any atom is 0.230 e. The fourth-order valence-corrected chi connectivity index (χ4v) is 2.83. The van der Waals surface area contributed by atoms with Crippen molar-refractivity contribution >= 4 is 5.84 Å². The van der Waals surface area contributed by atoms with Gasteiger partial charge in [0.15, 0.2) is 5.84 Å². The van der Waals surface area contributed by atoms with Gasteiger partial charge in [0.25, 0.3) is 0 Å². The van der Waals surface area contributed by atoms with Crippen LogP contribution < -0.4 is 10.2 Å². The molecule has 0 radical (unpaired) electrons. The van der Waals surface area contributed by atoms with E-state index in [4.69, 9.17) is 4.74 Å². The van der Waals surface area contributed by atoms with Crippen LogP contribution in [-0.2, 0) is 6.54 Å². The monoisotopic (exact) mass is 361 g/mol. The number of benzene rings is 2. The number of amidine groups is 1. The van der Waals surface area contributed by atoms with Gasteiger partial charge in [0.05, 0.1) is 12.1 Å². The summed E-state index contributed by atoms with van der Waals surface area (Å²) in [5.41, 5.74) is 6.86. The van der Waals surface area contributed by atoms with E-state index in [0.29, 0.717) is 29.6 Å². The first-order valence-corrected chi connectivity index (χ1v) is 8.78. The lowest BCUT2D eigenvalue weighted by molar-refractivity contribution is 0.234. The van der Waals surface area contributed by atoms with E-state index in [9.17, 15) is 5.21 Å². The SMILES string of the molecule is Cc1cc(C)cc(Oc2nc(C)ccc2C(=NCc2ccccc2)NO)c1. The fourth-order valence-electron chi connectivity index (χ4n) is 2.83. The Bertz CT molecular complexity index is 933. The highest BCUT2D eigenvalue weighted by Gasteiger charge is 2.14. The van der Waals surface area contributed by atoms with Crippen LogP contribution in [0.3, 0.4) is 0 Å². The van der Waals surface area contributed by atoms with Gasteiger partial charge in [0, 0.05) is 5.69 Å². The first-order valence-electron chi connectivity index (χ1n) is 8.78. The molecular formula is C22H23N3O2. The molecule has 3 rings (SSSR count). The van der Waals surface area contributed by atoms with Crippen molar-refractivity contribution in [1.82, 2.24) is 10.5 Å². The minimum Gasteiger partial charge on any atom is -0.438 e. The average Bonchev–Trinajstić information content (AvgIpc) is 2.63. The number of nitrogens with one attached hydrogen (secondary N) is 1. The zero-order valence-corrected chi connectivity index (χ0v) is 15.7. The second kappa shape index (κ2) is 8.47. The summed E-state index contributed by atoms with van der Waals surface area (Å²) in [6.07, 6.45) is 0. The number of hydrogen-bond donors (Lipinski definition) is 2. The van der Waals surface area contributed by atoms with Crippen molar-refractivity contribution in [2.75, 3.05) is 0 Å². The molecule has 0 unspecified atom stereocenters. The standard InChI is InChI=1S/C22H23N3O2/c1-15-11-16(2)13-19(12-15)27-22-20(10-9-17(3)24-22)21(25-26)23-14-18-7-5-4-6-8-18/h4-13,26H,14H2,1-3H3,(H,23,25). The Labute approximate surface area is 159 Å². The van der Waals surface area contributed by atoms with E-state index in [-0.39, 0.29) is 0 Å². The zero-order chi connectivity index (χ0) is 19.2. The van der Waals surface area contributed by atoms with Crippen LogP contribution in [0.5, 0.6) is 11.6 Å². The number of hydrogen-bond acceptors (Lipinski definition) is 4. The van der Waals surface area contributed by atoms with Crippen LogP contribution in [0, 0.1) is 20.8 Å². The van der Waals surface area contributed by atoms with Crippen molar-refractivity contribution in [3.8, 4) is 11.6 Å². The lowest BCUT2D eigenvalue weighted by Gasteiger charge is -2.13. The van der Waals surface area contributed by atoms with Gasteiger partial charge in [0.2, 0.25) is 5.88 Å². The van der Waals surface area contributed by atoms with Crippen LogP contribution in [0.25, 0.3) is 0 Å². The third kappa shape index (κ3) is 4.92. The predicted molar refractivity (Wildman–Crippen MR) is 107 cm³/mol. The quantitative estimate of drug-likeness (QED) is 0.392. The van der Waals surface area contributed by atoms with Crippen molar-refractivity contribution in [1.29, 1.82) is 0 Å². The number of aliphatic imine (C=N–C) groups is 1. The molecule has 0 aliphatic rings. The molecule has 1 aromatic heterocycles. The topological polar surface area (TPSA) is 66.7 Å². The van der Waals surface area contributed by atoms with Gasteiger partial charge in [0.1, 0.15) is 5.75 Å². The van der Waals surface area contributed by atoms with Gasteiger partial charge in [-0.05, 0) is 61.7 Å². The number of aromatic nitrogens is 1. The molecule has 0 spiro atoms. The van der Waals surface area contributed by atoms with Crippen LogP contribution in [-0.4, -0.2) is 16.0 Å². The second-order valence-corrected chi connectivity index (χ2v) is 6.49. The maximum atomic E-state index is 9.64. The van der Waals surface area contributed by atoms with Gasteiger partial charge in [-0.1, -0.05) is 36.4 Å². The lowest BCUT2D eigenvalue weighted by Crippen LogP contribution is -2.21. The van der Waals surface area contributed by atoms with Crippen LogP contribution in [0.4, 0.5) is 0 Å². The molecule has 0 amide bonds. The Morgan fingerprint density at radius 1 is 1.00 bits per heavy atom. The van der Waals surface area contributed by atoms with Crippen molar-refractivity contribution in [2.24, 2.45) is 4.99 Å². The molecule has 5 nitrogen and oxygen atoms in total. The molecule has 0 saturated heterocycles. The van der Waals surface area contributed by atoms with E-state index in [0.717, 1.165) is 22.4 Å². The van der Waals surface area contributed by atoms with Gasteiger partial charge in [-0.25, -0.2) is 4.98 Å². The van der Waals surface area contributed by atoms with Gasteiger partial charge in [-0.2, -0.15) is 0 Å². The van der Waals surface area contributed by atoms with E-state index < -0.39 is 0 Å². The van der Waals surface area contributed by atoms with E-state index in [1.165, 1.54) is 0 Å². The van der Waals surface area contributed by atoms with E-state index in [2.05, 4.69) is 21.5 Å². The highest BCUT2D eigenvalue weighted by molar-refractivity contribution is 6.00. The molecule has 27 heavy (non-hydrogen) atoms. The van der Waals surface area contributed by atoms with Crippen molar-refractivity contribution < 1.29 is 9.94 Å². The fraction of sp³-hybridized carbons (Fsp3) is 0.182. The summed E-state index contributed by atoms with van der Waals surface area (Å²) in [6.45, 7) is 6.37. The molecule has 5 heteroatoms. The minimum absolute atomic E-state index is 0.311.